The summed E-state index contributed by atoms with van der Waals surface area (Å²) in [7, 11) is -3.61. The van der Waals surface area contributed by atoms with Gasteiger partial charge < -0.3 is 4.42 Å². The fourth-order valence-electron chi connectivity index (χ4n) is 2.74. The van der Waals surface area contributed by atoms with Crippen LogP contribution in [0.1, 0.15) is 16.2 Å². The standard InChI is InChI=1S/C20H15N3O4S/c24-19(16-11-10-14-6-4-5-7-15(14)12-16)21-20-23-22-18(27-20)13-28(25,26)17-8-2-1-3-9-17/h1-12H,13H2,(H,21,23,24). The minimum absolute atomic E-state index is 0.0994. The van der Waals surface area contributed by atoms with Crippen molar-refractivity contribution >= 4 is 32.5 Å². The molecule has 140 valence electrons. The zero-order valence-corrected chi connectivity index (χ0v) is 15.4. The molecule has 8 heteroatoms. The van der Waals surface area contributed by atoms with Crippen LogP contribution >= 0.6 is 0 Å². The largest absolute Gasteiger partial charge is 0.407 e. The predicted octanol–water partition coefficient (Wildman–Crippen LogP) is 3.45. The van der Waals surface area contributed by atoms with E-state index in [9.17, 15) is 13.2 Å². The highest BCUT2D eigenvalue weighted by Crippen LogP contribution is 2.19. The Bertz CT molecular complexity index is 1250. The van der Waals surface area contributed by atoms with Crippen LogP contribution in [0.5, 0.6) is 0 Å². The minimum atomic E-state index is -3.61. The maximum Gasteiger partial charge on any atom is 0.322 e. The van der Waals surface area contributed by atoms with Crippen molar-refractivity contribution in [3.63, 3.8) is 0 Å². The number of amides is 1. The number of carbonyl (C=O) groups excluding carboxylic acids is 1. The Morgan fingerprint density at radius 3 is 2.39 bits per heavy atom. The predicted molar refractivity (Wildman–Crippen MR) is 104 cm³/mol. The molecule has 0 fully saturated rings. The first-order valence-corrected chi connectivity index (χ1v) is 10.1. The number of aromatic nitrogens is 2. The molecule has 0 spiro atoms. The van der Waals surface area contributed by atoms with Gasteiger partial charge in [0.2, 0.25) is 5.89 Å². The number of nitrogens with zero attached hydrogens (tertiary/aromatic N) is 2. The molecule has 3 aromatic carbocycles. The van der Waals surface area contributed by atoms with Gasteiger partial charge in [-0.15, -0.1) is 5.10 Å². The Balaban J connectivity index is 1.49. The third kappa shape index (κ3) is 3.77. The van der Waals surface area contributed by atoms with Crippen LogP contribution in [0.15, 0.2) is 82.1 Å². The SMILES string of the molecule is O=C(Nc1nnc(CS(=O)(=O)c2ccccc2)o1)c1ccc2ccccc2c1. The van der Waals surface area contributed by atoms with Gasteiger partial charge in [-0.1, -0.05) is 53.6 Å². The third-order valence-electron chi connectivity index (χ3n) is 4.11. The van der Waals surface area contributed by atoms with E-state index >= 15 is 0 Å². The number of carbonyl (C=O) groups is 1. The number of sulfone groups is 1. The van der Waals surface area contributed by atoms with E-state index in [-0.39, 0.29) is 16.8 Å². The summed E-state index contributed by atoms with van der Waals surface area (Å²) in [5, 5.41) is 11.9. The highest BCUT2D eigenvalue weighted by molar-refractivity contribution is 7.90. The van der Waals surface area contributed by atoms with E-state index in [1.807, 2.05) is 30.3 Å². The zero-order chi connectivity index (χ0) is 19.6. The molecule has 0 saturated heterocycles. The summed E-state index contributed by atoms with van der Waals surface area (Å²) in [5.41, 5.74) is 0.426. The van der Waals surface area contributed by atoms with Crippen molar-refractivity contribution < 1.29 is 17.6 Å². The lowest BCUT2D eigenvalue weighted by Gasteiger charge is -2.03. The highest BCUT2D eigenvalue weighted by Gasteiger charge is 2.20. The van der Waals surface area contributed by atoms with Gasteiger partial charge >= 0.3 is 6.01 Å². The molecule has 0 radical (unpaired) electrons. The van der Waals surface area contributed by atoms with Gasteiger partial charge in [0, 0.05) is 5.56 Å². The number of hydrogen-bond acceptors (Lipinski definition) is 6. The molecule has 0 aliphatic rings. The second kappa shape index (κ2) is 7.24. The lowest BCUT2D eigenvalue weighted by molar-refractivity contribution is 0.102. The van der Waals surface area contributed by atoms with Crippen LogP contribution in [0.4, 0.5) is 6.01 Å². The van der Waals surface area contributed by atoms with Crippen LogP contribution in [0.2, 0.25) is 0 Å². The van der Waals surface area contributed by atoms with Gasteiger partial charge in [-0.2, -0.15) is 0 Å². The molecule has 1 N–H and O–H groups in total. The average molecular weight is 393 g/mol. The Hall–Kier alpha value is -3.52. The second-order valence-corrected chi connectivity index (χ2v) is 8.08. The van der Waals surface area contributed by atoms with Crippen molar-refractivity contribution in [2.75, 3.05) is 5.32 Å². The van der Waals surface area contributed by atoms with Crippen molar-refractivity contribution in [2.45, 2.75) is 10.6 Å². The van der Waals surface area contributed by atoms with E-state index in [2.05, 4.69) is 15.5 Å². The van der Waals surface area contributed by atoms with Crippen LogP contribution in [0.25, 0.3) is 10.8 Å². The summed E-state index contributed by atoms with van der Waals surface area (Å²) in [4.78, 5) is 12.6. The number of benzene rings is 3. The molecule has 0 aliphatic heterocycles. The zero-order valence-electron chi connectivity index (χ0n) is 14.6. The Morgan fingerprint density at radius 1 is 0.893 bits per heavy atom. The van der Waals surface area contributed by atoms with E-state index in [1.165, 1.54) is 12.1 Å². The second-order valence-electron chi connectivity index (χ2n) is 6.09. The van der Waals surface area contributed by atoms with E-state index in [0.29, 0.717) is 5.56 Å². The smallest absolute Gasteiger partial charge is 0.322 e. The molecule has 7 nitrogen and oxygen atoms in total. The molecule has 1 amide bonds. The molecule has 0 aliphatic carbocycles. The van der Waals surface area contributed by atoms with E-state index in [4.69, 9.17) is 4.42 Å². The van der Waals surface area contributed by atoms with Gasteiger partial charge in [0.05, 0.1) is 4.90 Å². The van der Waals surface area contributed by atoms with Gasteiger partial charge in [-0.25, -0.2) is 8.42 Å². The molecule has 0 unspecified atom stereocenters. The van der Waals surface area contributed by atoms with Crippen molar-refractivity contribution in [3.05, 3.63) is 84.3 Å². The quantitative estimate of drug-likeness (QED) is 0.557. The summed E-state index contributed by atoms with van der Waals surface area (Å²) in [5.74, 6) is -0.972. The molecule has 4 aromatic rings. The lowest BCUT2D eigenvalue weighted by Crippen LogP contribution is -2.12. The maximum absolute atomic E-state index is 12.4. The summed E-state index contributed by atoms with van der Waals surface area (Å²) >= 11 is 0. The molecule has 4 rings (SSSR count). The van der Waals surface area contributed by atoms with Gasteiger partial charge in [0.25, 0.3) is 5.91 Å². The van der Waals surface area contributed by atoms with Gasteiger partial charge in [0.1, 0.15) is 5.75 Å². The van der Waals surface area contributed by atoms with Gasteiger partial charge in [-0.3, -0.25) is 10.1 Å². The number of nitrogens with one attached hydrogen (secondary N) is 1. The van der Waals surface area contributed by atoms with Crippen LogP contribution in [0.3, 0.4) is 0 Å². The summed E-state index contributed by atoms with van der Waals surface area (Å²) in [6, 6.07) is 20.8. The molecule has 1 aromatic heterocycles. The maximum atomic E-state index is 12.4. The van der Waals surface area contributed by atoms with Gasteiger partial charge in [0.15, 0.2) is 9.84 Å². The summed E-state index contributed by atoms with van der Waals surface area (Å²) in [6.07, 6.45) is 0. The highest BCUT2D eigenvalue weighted by atomic mass is 32.2. The molecule has 1 heterocycles. The minimum Gasteiger partial charge on any atom is -0.407 e. The van der Waals surface area contributed by atoms with Crippen LogP contribution < -0.4 is 5.32 Å². The molecule has 0 atom stereocenters. The van der Waals surface area contributed by atoms with Gasteiger partial charge in [-0.05, 0) is 35.0 Å². The molecule has 0 bridgehead atoms. The Morgan fingerprint density at radius 2 is 1.61 bits per heavy atom. The summed E-state index contributed by atoms with van der Waals surface area (Å²) in [6.45, 7) is 0. The number of fused-ring (bicyclic) bond motifs is 1. The number of anilines is 1. The normalized spacial score (nSPS) is 11.4. The Labute approximate surface area is 160 Å². The summed E-state index contributed by atoms with van der Waals surface area (Å²) < 4.78 is 30.0. The fraction of sp³-hybridized carbons (Fsp3) is 0.0500. The van der Waals surface area contributed by atoms with E-state index in [0.717, 1.165) is 10.8 Å². The number of rotatable bonds is 5. The first-order valence-electron chi connectivity index (χ1n) is 8.42. The van der Waals surface area contributed by atoms with Crippen LogP contribution in [-0.4, -0.2) is 24.5 Å². The van der Waals surface area contributed by atoms with Crippen LogP contribution in [0, 0.1) is 0 Å². The van der Waals surface area contributed by atoms with E-state index in [1.54, 1.807) is 30.3 Å². The third-order valence-corrected chi connectivity index (χ3v) is 5.73. The topological polar surface area (TPSA) is 102 Å². The lowest BCUT2D eigenvalue weighted by atomic mass is 10.1. The van der Waals surface area contributed by atoms with Crippen molar-refractivity contribution in [2.24, 2.45) is 0 Å². The fourth-order valence-corrected chi connectivity index (χ4v) is 3.92. The van der Waals surface area contributed by atoms with Crippen molar-refractivity contribution in [1.82, 2.24) is 10.2 Å². The van der Waals surface area contributed by atoms with Crippen molar-refractivity contribution in [1.29, 1.82) is 0 Å². The van der Waals surface area contributed by atoms with Crippen LogP contribution in [-0.2, 0) is 15.6 Å². The monoisotopic (exact) mass is 393 g/mol. The Kier molecular flexibility index (Phi) is 4.62. The molecular weight excluding hydrogens is 378 g/mol. The first-order chi connectivity index (χ1) is 13.5. The molecular formula is C20H15N3O4S. The van der Waals surface area contributed by atoms with E-state index < -0.39 is 21.5 Å². The number of hydrogen-bond donors (Lipinski definition) is 1. The van der Waals surface area contributed by atoms with Crippen molar-refractivity contribution in [3.8, 4) is 0 Å². The average Bonchev–Trinajstić information content (AvgIpc) is 3.14. The first kappa shape index (κ1) is 17.9. The molecule has 0 saturated carbocycles. The molecule has 28 heavy (non-hydrogen) atoms.